The molecule has 4 nitrogen and oxygen atoms in total. The molecule has 2 N–H and O–H groups in total. The van der Waals surface area contributed by atoms with Gasteiger partial charge < -0.3 is 10.4 Å². The summed E-state index contributed by atoms with van der Waals surface area (Å²) in [7, 11) is 0. The second-order valence-corrected chi connectivity index (χ2v) is 4.99. The molecular weight excluding hydrogens is 240 g/mol. The Morgan fingerprint density at radius 3 is 2.42 bits per heavy atom. The molecule has 0 spiro atoms. The van der Waals surface area contributed by atoms with Gasteiger partial charge in [-0.15, -0.1) is 0 Å². The zero-order chi connectivity index (χ0) is 14.0. The first-order valence-corrected chi connectivity index (χ1v) is 6.31. The average Bonchev–Trinajstić information content (AvgIpc) is 2.39. The van der Waals surface area contributed by atoms with E-state index in [4.69, 9.17) is 0 Å². The third kappa shape index (κ3) is 2.14. The lowest BCUT2D eigenvalue weighted by molar-refractivity contribution is -0.141. The Bertz CT molecular complexity index is 547. The summed E-state index contributed by atoms with van der Waals surface area (Å²) in [6.45, 7) is 5.81. The molecule has 1 aromatic rings. The van der Waals surface area contributed by atoms with E-state index in [1.54, 1.807) is 25.3 Å². The molecular formula is C15H18N2O2. The molecule has 100 valence electrons. The highest BCUT2D eigenvalue weighted by molar-refractivity contribution is 6.11. The largest absolute Gasteiger partial charge is 0.479 e. The quantitative estimate of drug-likeness (QED) is 0.875. The highest BCUT2D eigenvalue weighted by Gasteiger charge is 2.44. The summed E-state index contributed by atoms with van der Waals surface area (Å²) in [6, 6.07) is 9.12. The minimum atomic E-state index is -1.26. The summed E-state index contributed by atoms with van der Waals surface area (Å²) in [5, 5.41) is 12.7. The van der Waals surface area contributed by atoms with Crippen molar-refractivity contribution >= 4 is 11.7 Å². The van der Waals surface area contributed by atoms with Crippen LogP contribution in [0.3, 0.4) is 0 Å². The first kappa shape index (κ1) is 13.3. The molecule has 4 heteroatoms. The molecule has 1 unspecified atom stereocenters. The fourth-order valence-corrected chi connectivity index (χ4v) is 2.21. The summed E-state index contributed by atoms with van der Waals surface area (Å²) in [6.07, 6.45) is 1.71. The monoisotopic (exact) mass is 258 g/mol. The van der Waals surface area contributed by atoms with Gasteiger partial charge in [0.2, 0.25) is 0 Å². The van der Waals surface area contributed by atoms with E-state index in [2.05, 4.69) is 10.3 Å². The van der Waals surface area contributed by atoms with E-state index >= 15 is 0 Å². The normalized spacial score (nSPS) is 22.5. The number of hydrogen-bond donors (Lipinski definition) is 2. The van der Waals surface area contributed by atoms with Gasteiger partial charge in [0, 0.05) is 6.20 Å². The maximum absolute atomic E-state index is 11.8. The van der Waals surface area contributed by atoms with Crippen LogP contribution >= 0.6 is 0 Å². The lowest BCUT2D eigenvalue weighted by Gasteiger charge is -2.34. The molecule has 1 aliphatic rings. The summed E-state index contributed by atoms with van der Waals surface area (Å²) < 4.78 is 0. The summed E-state index contributed by atoms with van der Waals surface area (Å²) in [4.78, 5) is 16.3. The van der Waals surface area contributed by atoms with E-state index in [0.29, 0.717) is 11.3 Å². The van der Waals surface area contributed by atoms with Crippen molar-refractivity contribution in [2.75, 3.05) is 0 Å². The van der Waals surface area contributed by atoms with E-state index in [1.807, 2.05) is 32.0 Å². The van der Waals surface area contributed by atoms with Crippen molar-refractivity contribution in [3.63, 3.8) is 0 Å². The highest BCUT2D eigenvalue weighted by atomic mass is 16.4. The fraction of sp³-hybridized carbons (Fsp3) is 0.333. The van der Waals surface area contributed by atoms with Crippen molar-refractivity contribution in [3.05, 3.63) is 47.8 Å². The van der Waals surface area contributed by atoms with Gasteiger partial charge in [0.15, 0.2) is 5.54 Å². The van der Waals surface area contributed by atoms with Gasteiger partial charge in [-0.3, -0.25) is 4.99 Å². The fourth-order valence-electron chi connectivity index (χ4n) is 2.21. The predicted molar refractivity (Wildman–Crippen MR) is 74.9 cm³/mol. The van der Waals surface area contributed by atoms with Gasteiger partial charge in [0.1, 0.15) is 0 Å². The van der Waals surface area contributed by atoms with Crippen molar-refractivity contribution in [3.8, 4) is 0 Å². The zero-order valence-corrected chi connectivity index (χ0v) is 11.3. The van der Waals surface area contributed by atoms with Crippen LogP contribution in [0, 0.1) is 5.92 Å². The van der Waals surface area contributed by atoms with Crippen LogP contribution in [0.2, 0.25) is 0 Å². The smallest absolute Gasteiger partial charge is 0.340 e. The van der Waals surface area contributed by atoms with Gasteiger partial charge in [-0.25, -0.2) is 4.79 Å². The third-order valence-electron chi connectivity index (χ3n) is 3.40. The summed E-state index contributed by atoms with van der Waals surface area (Å²) in [5.74, 6) is -0.691. The topological polar surface area (TPSA) is 61.7 Å². The summed E-state index contributed by atoms with van der Waals surface area (Å²) >= 11 is 0. The number of carboxylic acid groups (broad SMARTS) is 1. The number of carbonyl (C=O) groups is 1. The molecule has 0 aromatic heterocycles. The van der Waals surface area contributed by atoms with Crippen molar-refractivity contribution in [2.45, 2.75) is 26.3 Å². The number of aliphatic imine (C=N–C) groups is 1. The SMILES string of the molecule is CC1=NC(C(C)C)=CNC1(C(=O)O)c1ccccc1. The van der Waals surface area contributed by atoms with E-state index in [-0.39, 0.29) is 5.92 Å². The molecule has 0 aliphatic carbocycles. The summed E-state index contributed by atoms with van der Waals surface area (Å²) in [5.41, 5.74) is 0.838. The van der Waals surface area contributed by atoms with E-state index in [0.717, 1.165) is 5.70 Å². The van der Waals surface area contributed by atoms with Gasteiger partial charge in [0.05, 0.1) is 11.4 Å². The Balaban J connectivity index is 2.52. The second kappa shape index (κ2) is 4.88. The molecule has 1 heterocycles. The van der Waals surface area contributed by atoms with Gasteiger partial charge in [-0.1, -0.05) is 44.2 Å². The maximum Gasteiger partial charge on any atom is 0.340 e. The van der Waals surface area contributed by atoms with Gasteiger partial charge >= 0.3 is 5.97 Å². The molecule has 19 heavy (non-hydrogen) atoms. The van der Waals surface area contributed by atoms with Crippen LogP contribution in [-0.2, 0) is 10.3 Å². The van der Waals surface area contributed by atoms with Crippen molar-refractivity contribution in [2.24, 2.45) is 10.9 Å². The van der Waals surface area contributed by atoms with Crippen LogP contribution in [0.25, 0.3) is 0 Å². The van der Waals surface area contributed by atoms with Crippen LogP contribution in [-0.4, -0.2) is 16.8 Å². The van der Waals surface area contributed by atoms with Crippen molar-refractivity contribution in [1.29, 1.82) is 0 Å². The van der Waals surface area contributed by atoms with Gasteiger partial charge in [-0.05, 0) is 18.4 Å². The first-order chi connectivity index (χ1) is 8.98. The third-order valence-corrected chi connectivity index (χ3v) is 3.40. The molecule has 1 aromatic carbocycles. The lowest BCUT2D eigenvalue weighted by atomic mass is 9.84. The molecule has 0 radical (unpaired) electrons. The van der Waals surface area contributed by atoms with Gasteiger partial charge in [-0.2, -0.15) is 0 Å². The van der Waals surface area contributed by atoms with Crippen molar-refractivity contribution < 1.29 is 9.90 Å². The predicted octanol–water partition coefficient (Wildman–Crippen LogP) is 2.53. The second-order valence-electron chi connectivity index (χ2n) is 4.99. The minimum absolute atomic E-state index is 0.255. The number of aliphatic carboxylic acids is 1. The Morgan fingerprint density at radius 1 is 1.32 bits per heavy atom. The van der Waals surface area contributed by atoms with Crippen LogP contribution in [0.15, 0.2) is 47.2 Å². The first-order valence-electron chi connectivity index (χ1n) is 6.31. The minimum Gasteiger partial charge on any atom is -0.479 e. The Labute approximate surface area is 112 Å². The number of hydrogen-bond acceptors (Lipinski definition) is 3. The molecule has 0 saturated carbocycles. The average molecular weight is 258 g/mol. The number of nitrogens with one attached hydrogen (secondary N) is 1. The Kier molecular flexibility index (Phi) is 3.42. The Hall–Kier alpha value is -2.10. The molecule has 1 aliphatic heterocycles. The Morgan fingerprint density at radius 2 is 1.95 bits per heavy atom. The van der Waals surface area contributed by atoms with Gasteiger partial charge in [0.25, 0.3) is 0 Å². The van der Waals surface area contributed by atoms with E-state index in [9.17, 15) is 9.90 Å². The van der Waals surface area contributed by atoms with Crippen molar-refractivity contribution in [1.82, 2.24) is 5.32 Å². The highest BCUT2D eigenvalue weighted by Crippen LogP contribution is 2.29. The molecule has 0 amide bonds. The van der Waals surface area contributed by atoms with E-state index in [1.165, 1.54) is 0 Å². The van der Waals surface area contributed by atoms with Crippen LogP contribution in [0.4, 0.5) is 0 Å². The molecule has 0 fully saturated rings. The number of nitrogens with zero attached hydrogens (tertiary/aromatic N) is 1. The maximum atomic E-state index is 11.8. The van der Waals surface area contributed by atoms with Crippen LogP contribution in [0.1, 0.15) is 26.3 Å². The standard InChI is InChI=1S/C15H18N2O2/c1-10(2)13-9-16-15(14(18)19,11(3)17-13)12-7-5-4-6-8-12/h4-10,16H,1-3H3,(H,18,19). The molecule has 0 saturated heterocycles. The lowest BCUT2D eigenvalue weighted by Crippen LogP contribution is -2.54. The molecule has 2 rings (SSSR count). The number of rotatable bonds is 3. The molecule has 0 bridgehead atoms. The number of allylic oxidation sites excluding steroid dienone is 1. The van der Waals surface area contributed by atoms with Crippen LogP contribution in [0.5, 0.6) is 0 Å². The van der Waals surface area contributed by atoms with Crippen LogP contribution < -0.4 is 5.32 Å². The number of carboxylic acids is 1. The molecule has 1 atom stereocenters. The number of benzene rings is 1. The van der Waals surface area contributed by atoms with E-state index < -0.39 is 11.5 Å². The zero-order valence-electron chi connectivity index (χ0n) is 11.3.